The lowest BCUT2D eigenvalue weighted by Crippen LogP contribution is -2.63. The first-order valence-corrected chi connectivity index (χ1v) is 12.7. The number of piperidine rings is 1. The lowest BCUT2D eigenvalue weighted by molar-refractivity contribution is -0.155. The van der Waals surface area contributed by atoms with E-state index in [1.54, 1.807) is 12.3 Å². The zero-order chi connectivity index (χ0) is 27.2. The summed E-state index contributed by atoms with van der Waals surface area (Å²) in [6.07, 6.45) is 1.48. The van der Waals surface area contributed by atoms with E-state index < -0.39 is 17.3 Å². The Morgan fingerprint density at radius 1 is 1.05 bits per heavy atom. The highest BCUT2D eigenvalue weighted by molar-refractivity contribution is 5.86. The fourth-order valence-corrected chi connectivity index (χ4v) is 4.90. The number of hydrogen-bond donors (Lipinski definition) is 1. The van der Waals surface area contributed by atoms with Crippen molar-refractivity contribution in [3.05, 3.63) is 71.9 Å². The van der Waals surface area contributed by atoms with Crippen molar-refractivity contribution in [2.75, 3.05) is 46.3 Å². The summed E-state index contributed by atoms with van der Waals surface area (Å²) in [5.74, 6) is 0.156. The molecule has 0 radical (unpaired) electrons. The molecule has 2 saturated heterocycles. The predicted octanol–water partition coefficient (Wildman–Crippen LogP) is 4.07. The van der Waals surface area contributed by atoms with Gasteiger partial charge in [0, 0.05) is 45.5 Å². The third-order valence-corrected chi connectivity index (χ3v) is 6.97. The van der Waals surface area contributed by atoms with E-state index in [4.69, 9.17) is 10.5 Å². The Morgan fingerprint density at radius 2 is 1.74 bits per heavy atom. The maximum Gasteiger partial charge on any atom is 0.416 e. The second kappa shape index (κ2) is 12.0. The largest absolute Gasteiger partial charge is 0.476 e. The molecule has 204 valence electrons. The van der Waals surface area contributed by atoms with Gasteiger partial charge >= 0.3 is 6.18 Å². The number of nitrogens with two attached hydrogens (primary N) is 1. The summed E-state index contributed by atoms with van der Waals surface area (Å²) < 4.78 is 45.6. The van der Waals surface area contributed by atoms with Gasteiger partial charge in [-0.05, 0) is 80.7 Å². The second-order valence-electron chi connectivity index (χ2n) is 9.86. The molecule has 2 heterocycles. The van der Waals surface area contributed by atoms with Crippen LogP contribution < -0.4 is 10.5 Å². The molecule has 4 rings (SSSR count). The monoisotopic (exact) mass is 529 g/mol. The number of halogens is 3. The van der Waals surface area contributed by atoms with Crippen molar-refractivity contribution in [1.82, 2.24) is 14.7 Å². The topological polar surface area (TPSA) is 74.4 Å². The van der Waals surface area contributed by atoms with E-state index in [0.717, 1.165) is 49.4 Å². The first kappa shape index (κ1) is 27.7. The minimum absolute atomic E-state index is 0.104. The fraction of sp³-hybridized carbons (Fsp3) is 0.429. The number of ether oxygens (including phenoxy) is 1. The van der Waals surface area contributed by atoms with E-state index in [9.17, 15) is 18.0 Å². The number of piperazine rings is 1. The number of alkyl halides is 3. The third kappa shape index (κ3) is 6.93. The zero-order valence-electron chi connectivity index (χ0n) is 21.5. The second-order valence-corrected chi connectivity index (χ2v) is 9.86. The van der Waals surface area contributed by atoms with E-state index >= 15 is 0 Å². The smallest absolute Gasteiger partial charge is 0.416 e. The summed E-state index contributed by atoms with van der Waals surface area (Å²) >= 11 is 0. The van der Waals surface area contributed by atoms with Gasteiger partial charge in [-0.3, -0.25) is 14.7 Å². The molecule has 0 saturated carbocycles. The SMILES string of the molecule is CN1CCN(C(=O)C2(Oc3ccc(C(F)(F)F)cc3)CCCN(Cc3ccc(N=CC=CN)cc3)C2)CC1. The number of carbonyl (C=O) groups is 1. The average molecular weight is 530 g/mol. The minimum atomic E-state index is -4.44. The molecule has 0 bridgehead atoms. The number of nitrogens with zero attached hydrogens (tertiary/aromatic N) is 4. The van der Waals surface area contributed by atoms with Gasteiger partial charge in [0.2, 0.25) is 0 Å². The molecule has 2 aliphatic heterocycles. The van der Waals surface area contributed by atoms with Gasteiger partial charge in [0.25, 0.3) is 5.91 Å². The predicted molar refractivity (Wildman–Crippen MR) is 141 cm³/mol. The van der Waals surface area contributed by atoms with Crippen LogP contribution in [0.5, 0.6) is 5.75 Å². The molecular formula is C28H34F3N5O2. The van der Waals surface area contributed by atoms with Crippen molar-refractivity contribution < 1.29 is 22.7 Å². The van der Waals surface area contributed by atoms with Gasteiger partial charge in [-0.25, -0.2) is 0 Å². The molecule has 2 aromatic rings. The Hall–Kier alpha value is -3.37. The highest BCUT2D eigenvalue weighted by atomic mass is 19.4. The van der Waals surface area contributed by atoms with E-state index in [1.165, 1.54) is 18.3 Å². The lowest BCUT2D eigenvalue weighted by Gasteiger charge is -2.45. The van der Waals surface area contributed by atoms with Crippen LogP contribution in [0.25, 0.3) is 0 Å². The summed E-state index contributed by atoms with van der Waals surface area (Å²) in [4.78, 5) is 24.4. The number of rotatable bonds is 7. The molecule has 2 N–H and O–H groups in total. The molecular weight excluding hydrogens is 495 g/mol. The highest BCUT2D eigenvalue weighted by Crippen LogP contribution is 2.34. The molecule has 38 heavy (non-hydrogen) atoms. The van der Waals surface area contributed by atoms with E-state index in [2.05, 4.69) is 14.8 Å². The van der Waals surface area contributed by atoms with Gasteiger partial charge in [0.1, 0.15) is 5.75 Å². The van der Waals surface area contributed by atoms with Crippen LogP contribution in [0, 0.1) is 0 Å². The number of likely N-dealkylation sites (tertiary alicyclic amines) is 1. The van der Waals surface area contributed by atoms with E-state index in [0.29, 0.717) is 32.6 Å². The number of aliphatic imine (C=N–C) groups is 1. The Labute approximate surface area is 221 Å². The highest BCUT2D eigenvalue weighted by Gasteiger charge is 2.47. The Balaban J connectivity index is 1.54. The Morgan fingerprint density at radius 3 is 2.37 bits per heavy atom. The van der Waals surface area contributed by atoms with Crippen molar-refractivity contribution in [2.45, 2.75) is 31.2 Å². The first-order valence-electron chi connectivity index (χ1n) is 12.7. The van der Waals surface area contributed by atoms with Gasteiger partial charge in [-0.2, -0.15) is 13.2 Å². The average Bonchev–Trinajstić information content (AvgIpc) is 2.90. The molecule has 7 nitrogen and oxygen atoms in total. The van der Waals surface area contributed by atoms with Gasteiger partial charge in [0.05, 0.1) is 11.3 Å². The number of amides is 1. The maximum atomic E-state index is 13.9. The standard InChI is InChI=1S/C28H34F3N5O2/c1-34-16-18-36(19-17-34)26(37)27(38-25-10-6-23(7-11-25)28(29,30)31)12-2-15-35(21-27)20-22-4-8-24(9-5-22)33-14-3-13-32/h3-11,13-14H,2,12,15-21,32H2,1H3. The number of likely N-dealkylation sites (N-methyl/N-ethyl adjacent to an activating group) is 1. The van der Waals surface area contributed by atoms with Crippen LogP contribution in [0.1, 0.15) is 24.0 Å². The Bertz CT molecular complexity index is 1130. The van der Waals surface area contributed by atoms with Gasteiger partial charge in [-0.1, -0.05) is 12.1 Å². The molecule has 2 aliphatic rings. The normalized spacial score (nSPS) is 21.8. The number of allylic oxidation sites excluding steroid dienone is 1. The molecule has 1 unspecified atom stereocenters. The summed E-state index contributed by atoms with van der Waals surface area (Å²) in [7, 11) is 2.02. The molecule has 1 amide bonds. The van der Waals surface area contributed by atoms with Crippen molar-refractivity contribution >= 4 is 17.8 Å². The molecule has 2 fully saturated rings. The van der Waals surface area contributed by atoms with Crippen LogP contribution in [-0.4, -0.2) is 78.7 Å². The van der Waals surface area contributed by atoms with Crippen LogP contribution >= 0.6 is 0 Å². The quantitative estimate of drug-likeness (QED) is 0.548. The van der Waals surface area contributed by atoms with Crippen LogP contribution in [0.3, 0.4) is 0 Å². The van der Waals surface area contributed by atoms with Gasteiger partial charge in [0.15, 0.2) is 5.60 Å². The lowest BCUT2D eigenvalue weighted by atomic mass is 9.90. The Kier molecular flexibility index (Phi) is 8.73. The zero-order valence-corrected chi connectivity index (χ0v) is 21.5. The number of carbonyl (C=O) groups excluding carboxylic acids is 1. The molecule has 0 aromatic heterocycles. The molecule has 0 aliphatic carbocycles. The molecule has 10 heteroatoms. The van der Waals surface area contributed by atoms with Crippen LogP contribution in [-0.2, 0) is 17.5 Å². The van der Waals surface area contributed by atoms with Crippen LogP contribution in [0.2, 0.25) is 0 Å². The molecule has 2 aromatic carbocycles. The molecule has 0 spiro atoms. The van der Waals surface area contributed by atoms with E-state index in [1.807, 2.05) is 36.2 Å². The van der Waals surface area contributed by atoms with Crippen molar-refractivity contribution in [3.63, 3.8) is 0 Å². The van der Waals surface area contributed by atoms with Crippen LogP contribution in [0.15, 0.2) is 65.8 Å². The van der Waals surface area contributed by atoms with Gasteiger partial charge in [-0.15, -0.1) is 0 Å². The van der Waals surface area contributed by atoms with E-state index in [-0.39, 0.29) is 11.7 Å². The number of benzene rings is 2. The summed E-state index contributed by atoms with van der Waals surface area (Å²) in [6, 6.07) is 12.4. The van der Waals surface area contributed by atoms with Crippen LogP contribution in [0.4, 0.5) is 18.9 Å². The fourth-order valence-electron chi connectivity index (χ4n) is 4.90. The van der Waals surface area contributed by atoms with Gasteiger partial charge < -0.3 is 20.3 Å². The maximum absolute atomic E-state index is 13.9. The summed E-state index contributed by atoms with van der Waals surface area (Å²) in [6.45, 7) is 4.46. The molecule has 1 atom stereocenters. The summed E-state index contributed by atoms with van der Waals surface area (Å²) in [5.41, 5.74) is 5.27. The van der Waals surface area contributed by atoms with Crippen molar-refractivity contribution in [2.24, 2.45) is 10.7 Å². The van der Waals surface area contributed by atoms with Crippen molar-refractivity contribution in [1.29, 1.82) is 0 Å². The first-order chi connectivity index (χ1) is 18.2. The summed E-state index contributed by atoms with van der Waals surface area (Å²) in [5, 5.41) is 0. The number of hydrogen-bond acceptors (Lipinski definition) is 6. The minimum Gasteiger partial charge on any atom is -0.476 e. The van der Waals surface area contributed by atoms with Crippen molar-refractivity contribution in [3.8, 4) is 5.75 Å². The third-order valence-electron chi connectivity index (χ3n) is 6.97.